The van der Waals surface area contributed by atoms with Gasteiger partial charge < -0.3 is 20.4 Å². The van der Waals surface area contributed by atoms with E-state index in [0.717, 1.165) is 19.0 Å². The number of halogens is 1. The van der Waals surface area contributed by atoms with Crippen molar-refractivity contribution in [3.63, 3.8) is 0 Å². The summed E-state index contributed by atoms with van der Waals surface area (Å²) in [4.78, 5) is 13.1. The van der Waals surface area contributed by atoms with E-state index >= 15 is 0 Å². The molecule has 182 valence electrons. The minimum atomic E-state index is 0. The van der Waals surface area contributed by atoms with Gasteiger partial charge in [-0.1, -0.05) is 19.8 Å². The molecule has 0 unspecified atom stereocenters. The van der Waals surface area contributed by atoms with Gasteiger partial charge in [-0.25, -0.2) is 0 Å². The van der Waals surface area contributed by atoms with Crippen molar-refractivity contribution < 1.29 is 0 Å². The van der Waals surface area contributed by atoms with Crippen LogP contribution in [0, 0.1) is 0 Å². The molecule has 0 spiro atoms. The minimum absolute atomic E-state index is 0. The Morgan fingerprint density at radius 3 is 2.26 bits per heavy atom. The lowest BCUT2D eigenvalue weighted by Crippen LogP contribution is -2.58. The molecule has 0 atom stereocenters. The average molecular weight is 549 g/mol. The SMILES string of the molecule is CCCCN1CCC(NC(=NCC2(N3CCCCC3)CCN(C)CC2)NCC)CC1.I. The van der Waals surface area contributed by atoms with Gasteiger partial charge in [-0.3, -0.25) is 9.89 Å². The fraction of sp³-hybridized carbons (Fsp3) is 0.958. The third-order valence-corrected chi connectivity index (χ3v) is 7.58. The van der Waals surface area contributed by atoms with Crippen LogP contribution in [0.2, 0.25) is 0 Å². The molecule has 3 saturated heterocycles. The van der Waals surface area contributed by atoms with E-state index in [0.29, 0.717) is 6.04 Å². The quantitative estimate of drug-likeness (QED) is 0.277. The topological polar surface area (TPSA) is 46.1 Å². The first-order valence-electron chi connectivity index (χ1n) is 12.9. The molecule has 2 N–H and O–H groups in total. The smallest absolute Gasteiger partial charge is 0.191 e. The summed E-state index contributed by atoms with van der Waals surface area (Å²) in [5, 5.41) is 7.33. The van der Waals surface area contributed by atoms with Crippen molar-refractivity contribution in [1.29, 1.82) is 0 Å². The number of nitrogens with one attached hydrogen (secondary N) is 2. The number of rotatable bonds is 8. The van der Waals surface area contributed by atoms with E-state index in [1.807, 2.05) is 0 Å². The molecule has 0 aliphatic carbocycles. The van der Waals surface area contributed by atoms with Gasteiger partial charge in [0, 0.05) is 31.2 Å². The summed E-state index contributed by atoms with van der Waals surface area (Å²) >= 11 is 0. The molecule has 3 fully saturated rings. The molecule has 3 aliphatic rings. The van der Waals surface area contributed by atoms with Gasteiger partial charge in [-0.15, -0.1) is 24.0 Å². The van der Waals surface area contributed by atoms with Crippen molar-refractivity contribution in [3.05, 3.63) is 0 Å². The zero-order valence-corrected chi connectivity index (χ0v) is 22.8. The van der Waals surface area contributed by atoms with E-state index in [9.17, 15) is 0 Å². The number of likely N-dealkylation sites (tertiary alicyclic amines) is 3. The van der Waals surface area contributed by atoms with Crippen LogP contribution < -0.4 is 10.6 Å². The number of aliphatic imine (C=N–C) groups is 1. The number of piperidine rings is 3. The summed E-state index contributed by atoms with van der Waals surface area (Å²) in [6.07, 6.45) is 11.7. The van der Waals surface area contributed by atoms with Gasteiger partial charge in [0.05, 0.1) is 6.54 Å². The molecular weight excluding hydrogens is 499 g/mol. The highest BCUT2D eigenvalue weighted by atomic mass is 127. The first kappa shape index (κ1) is 27.1. The third kappa shape index (κ3) is 8.31. The summed E-state index contributed by atoms with van der Waals surface area (Å²) in [7, 11) is 2.27. The average Bonchev–Trinajstić information content (AvgIpc) is 2.79. The maximum atomic E-state index is 5.19. The molecule has 7 heteroatoms. The molecule has 0 radical (unpaired) electrons. The number of guanidine groups is 1. The molecule has 0 bridgehead atoms. The Kier molecular flexibility index (Phi) is 12.4. The first-order valence-corrected chi connectivity index (χ1v) is 12.9. The van der Waals surface area contributed by atoms with Crippen LogP contribution in [-0.4, -0.2) is 98.2 Å². The fourth-order valence-electron chi connectivity index (χ4n) is 5.40. The molecule has 0 aromatic heterocycles. The standard InChI is InChI=1S/C24H48N6.HI/c1-4-6-14-29-17-10-22(11-18-29)27-23(25-5-2)26-21-24(12-19-28(3)20-13-24)30-15-8-7-9-16-30;/h22H,4-21H2,1-3H3,(H2,25,26,27);1H. The molecule has 0 saturated carbocycles. The van der Waals surface area contributed by atoms with Gasteiger partial charge in [-0.2, -0.15) is 0 Å². The molecule has 3 heterocycles. The van der Waals surface area contributed by atoms with E-state index in [4.69, 9.17) is 4.99 Å². The second-order valence-electron chi connectivity index (χ2n) is 9.88. The highest BCUT2D eigenvalue weighted by molar-refractivity contribution is 14.0. The highest BCUT2D eigenvalue weighted by Gasteiger charge is 2.39. The van der Waals surface area contributed by atoms with Gasteiger partial charge >= 0.3 is 0 Å². The monoisotopic (exact) mass is 548 g/mol. The Labute approximate surface area is 209 Å². The van der Waals surface area contributed by atoms with Crippen LogP contribution in [0.5, 0.6) is 0 Å². The van der Waals surface area contributed by atoms with Crippen LogP contribution in [0.1, 0.15) is 71.6 Å². The predicted molar refractivity (Wildman–Crippen MR) is 144 cm³/mol. The molecule has 6 nitrogen and oxygen atoms in total. The fourth-order valence-corrected chi connectivity index (χ4v) is 5.40. The highest BCUT2D eigenvalue weighted by Crippen LogP contribution is 2.31. The van der Waals surface area contributed by atoms with E-state index in [1.54, 1.807) is 0 Å². The molecule has 0 aromatic carbocycles. The summed E-state index contributed by atoms with van der Waals surface area (Å²) in [5.74, 6) is 1.04. The lowest BCUT2D eigenvalue weighted by Gasteiger charge is -2.49. The first-order chi connectivity index (χ1) is 14.6. The number of hydrogen-bond donors (Lipinski definition) is 2. The van der Waals surface area contributed by atoms with Crippen molar-refractivity contribution in [3.8, 4) is 0 Å². The number of unbranched alkanes of at least 4 members (excludes halogenated alkanes) is 1. The zero-order chi connectivity index (χ0) is 21.2. The predicted octanol–water partition coefficient (Wildman–Crippen LogP) is 3.37. The normalized spacial score (nSPS) is 24.5. The lowest BCUT2D eigenvalue weighted by atomic mass is 9.84. The van der Waals surface area contributed by atoms with Crippen molar-refractivity contribution in [1.82, 2.24) is 25.3 Å². The molecule has 3 rings (SSSR count). The largest absolute Gasteiger partial charge is 0.357 e. The second kappa shape index (κ2) is 14.2. The Hall–Kier alpha value is -0.120. The van der Waals surface area contributed by atoms with Crippen molar-refractivity contribution >= 4 is 29.9 Å². The Morgan fingerprint density at radius 1 is 0.968 bits per heavy atom. The van der Waals surface area contributed by atoms with Gasteiger partial charge in [0.1, 0.15) is 0 Å². The van der Waals surface area contributed by atoms with Gasteiger partial charge in [0.15, 0.2) is 5.96 Å². The van der Waals surface area contributed by atoms with Crippen molar-refractivity contribution in [2.24, 2.45) is 4.99 Å². The lowest BCUT2D eigenvalue weighted by molar-refractivity contribution is 0.0208. The maximum absolute atomic E-state index is 5.19. The van der Waals surface area contributed by atoms with Crippen LogP contribution in [0.3, 0.4) is 0 Å². The summed E-state index contributed by atoms with van der Waals surface area (Å²) < 4.78 is 0. The van der Waals surface area contributed by atoms with Crippen LogP contribution in [0.4, 0.5) is 0 Å². The molecule has 0 amide bonds. The van der Waals surface area contributed by atoms with Crippen LogP contribution in [-0.2, 0) is 0 Å². The molecular formula is C24H49IN6. The Balaban J connectivity index is 0.00000341. The van der Waals surface area contributed by atoms with Crippen LogP contribution in [0.15, 0.2) is 4.99 Å². The maximum Gasteiger partial charge on any atom is 0.191 e. The molecule has 31 heavy (non-hydrogen) atoms. The second-order valence-corrected chi connectivity index (χ2v) is 9.88. The third-order valence-electron chi connectivity index (χ3n) is 7.58. The van der Waals surface area contributed by atoms with Gasteiger partial charge in [-0.05, 0) is 91.6 Å². The zero-order valence-electron chi connectivity index (χ0n) is 20.5. The number of hydrogen-bond acceptors (Lipinski definition) is 4. The van der Waals surface area contributed by atoms with E-state index in [2.05, 4.69) is 46.2 Å². The van der Waals surface area contributed by atoms with Crippen LogP contribution in [0.25, 0.3) is 0 Å². The summed E-state index contributed by atoms with van der Waals surface area (Å²) in [6.45, 7) is 15.0. The van der Waals surface area contributed by atoms with E-state index < -0.39 is 0 Å². The van der Waals surface area contributed by atoms with E-state index in [-0.39, 0.29) is 29.5 Å². The van der Waals surface area contributed by atoms with Gasteiger partial charge in [0.2, 0.25) is 0 Å². The van der Waals surface area contributed by atoms with Gasteiger partial charge in [0.25, 0.3) is 0 Å². The summed E-state index contributed by atoms with van der Waals surface area (Å²) in [5.41, 5.74) is 0.263. The van der Waals surface area contributed by atoms with E-state index in [1.165, 1.54) is 104 Å². The molecule has 3 aliphatic heterocycles. The Bertz CT molecular complexity index is 506. The minimum Gasteiger partial charge on any atom is -0.357 e. The summed E-state index contributed by atoms with van der Waals surface area (Å²) in [6, 6.07) is 0.559. The molecule has 0 aromatic rings. The van der Waals surface area contributed by atoms with Crippen LogP contribution >= 0.6 is 24.0 Å². The Morgan fingerprint density at radius 2 is 1.65 bits per heavy atom. The number of nitrogens with zero attached hydrogens (tertiary/aromatic N) is 4. The van der Waals surface area contributed by atoms with Crippen molar-refractivity contribution in [2.45, 2.75) is 83.2 Å². The van der Waals surface area contributed by atoms with Crippen molar-refractivity contribution in [2.75, 3.05) is 66.0 Å².